The lowest BCUT2D eigenvalue weighted by Crippen LogP contribution is -2.40. The highest BCUT2D eigenvalue weighted by Gasteiger charge is 2.33. The van der Waals surface area contributed by atoms with Gasteiger partial charge in [-0.15, -0.1) is 0 Å². The second-order valence-electron chi connectivity index (χ2n) is 6.42. The van der Waals surface area contributed by atoms with Crippen molar-refractivity contribution in [2.75, 3.05) is 0 Å². The molecule has 0 spiro atoms. The van der Waals surface area contributed by atoms with Crippen LogP contribution in [0.5, 0.6) is 0 Å². The van der Waals surface area contributed by atoms with Crippen molar-refractivity contribution in [1.82, 2.24) is 0 Å². The van der Waals surface area contributed by atoms with Gasteiger partial charge in [-0.05, 0) is 43.8 Å². The van der Waals surface area contributed by atoms with Crippen LogP contribution in [0.15, 0.2) is 0 Å². The lowest BCUT2D eigenvalue weighted by Gasteiger charge is -2.35. The molecule has 0 amide bonds. The zero-order valence-electron chi connectivity index (χ0n) is 13.1. The number of rotatable bonds is 8. The first-order chi connectivity index (χ1) is 8.63. The third-order valence-electron chi connectivity index (χ3n) is 4.87. The molecule has 0 N–H and O–H groups in total. The van der Waals surface area contributed by atoms with Gasteiger partial charge in [-0.3, -0.25) is 0 Å². The normalized spacial score (nSPS) is 21.2. The van der Waals surface area contributed by atoms with E-state index in [1.807, 2.05) is 0 Å². The summed E-state index contributed by atoms with van der Waals surface area (Å²) < 4.78 is 6.61. The van der Waals surface area contributed by atoms with E-state index < -0.39 is 8.32 Å². The van der Waals surface area contributed by atoms with Crippen molar-refractivity contribution in [3.05, 3.63) is 0 Å². The SMILES string of the molecule is CCC(CC)CCC(CC)O[Si]1(C)CCCCC1. The monoisotopic (exact) mass is 270 g/mol. The average Bonchev–Trinajstić information content (AvgIpc) is 2.39. The Kier molecular flexibility index (Phi) is 7.55. The van der Waals surface area contributed by atoms with E-state index in [1.165, 1.54) is 63.5 Å². The molecule has 1 rings (SSSR count). The van der Waals surface area contributed by atoms with Crippen LogP contribution in [0.25, 0.3) is 0 Å². The fourth-order valence-corrected chi connectivity index (χ4v) is 6.86. The largest absolute Gasteiger partial charge is 0.414 e. The van der Waals surface area contributed by atoms with Gasteiger partial charge in [0.1, 0.15) is 0 Å². The molecule has 1 saturated heterocycles. The Balaban J connectivity index is 2.36. The van der Waals surface area contributed by atoms with Gasteiger partial charge < -0.3 is 4.43 Å². The molecule has 18 heavy (non-hydrogen) atoms. The van der Waals surface area contributed by atoms with Crippen LogP contribution < -0.4 is 0 Å². The van der Waals surface area contributed by atoms with E-state index in [4.69, 9.17) is 4.43 Å². The van der Waals surface area contributed by atoms with Crippen molar-refractivity contribution in [3.8, 4) is 0 Å². The van der Waals surface area contributed by atoms with Gasteiger partial charge in [-0.25, -0.2) is 0 Å². The standard InChI is InChI=1S/C16H34OSi/c1-5-15(6-2)11-12-16(7-3)17-18(4)13-9-8-10-14-18/h15-16H,5-14H2,1-4H3. The van der Waals surface area contributed by atoms with Crippen molar-refractivity contribution in [2.24, 2.45) is 5.92 Å². The molecule has 0 aromatic heterocycles. The molecular formula is C16H34OSi. The summed E-state index contributed by atoms with van der Waals surface area (Å²) in [4.78, 5) is 0. The zero-order valence-corrected chi connectivity index (χ0v) is 14.1. The maximum atomic E-state index is 6.61. The Bertz CT molecular complexity index is 207. The lowest BCUT2D eigenvalue weighted by molar-refractivity contribution is 0.159. The van der Waals surface area contributed by atoms with Crippen molar-refractivity contribution in [3.63, 3.8) is 0 Å². The number of hydrogen-bond donors (Lipinski definition) is 0. The quantitative estimate of drug-likeness (QED) is 0.510. The molecular weight excluding hydrogens is 236 g/mol. The minimum Gasteiger partial charge on any atom is -0.414 e. The molecule has 0 bridgehead atoms. The molecule has 1 fully saturated rings. The fourth-order valence-electron chi connectivity index (χ4n) is 3.28. The highest BCUT2D eigenvalue weighted by Crippen LogP contribution is 2.32. The Morgan fingerprint density at radius 3 is 2.00 bits per heavy atom. The Labute approximate surface area is 116 Å². The summed E-state index contributed by atoms with van der Waals surface area (Å²) in [6.45, 7) is 9.43. The van der Waals surface area contributed by atoms with E-state index >= 15 is 0 Å². The summed E-state index contributed by atoms with van der Waals surface area (Å²) in [5, 5.41) is 0. The first-order valence-corrected chi connectivity index (χ1v) is 11.1. The second-order valence-corrected chi connectivity index (χ2v) is 10.6. The fraction of sp³-hybridized carbons (Fsp3) is 1.00. The van der Waals surface area contributed by atoms with Gasteiger partial charge in [-0.1, -0.05) is 52.9 Å². The van der Waals surface area contributed by atoms with Crippen LogP contribution in [-0.2, 0) is 4.43 Å². The average molecular weight is 271 g/mol. The maximum Gasteiger partial charge on any atom is 0.190 e. The third kappa shape index (κ3) is 5.44. The minimum atomic E-state index is -1.31. The summed E-state index contributed by atoms with van der Waals surface area (Å²) in [5.74, 6) is 0.920. The molecule has 0 saturated carbocycles. The molecule has 0 aromatic carbocycles. The van der Waals surface area contributed by atoms with Crippen LogP contribution in [0, 0.1) is 5.92 Å². The Hall–Kier alpha value is 0.177. The summed E-state index contributed by atoms with van der Waals surface area (Å²) >= 11 is 0. The first-order valence-electron chi connectivity index (χ1n) is 8.31. The van der Waals surface area contributed by atoms with E-state index in [0.717, 1.165) is 5.92 Å². The van der Waals surface area contributed by atoms with Gasteiger partial charge in [0.2, 0.25) is 0 Å². The van der Waals surface area contributed by atoms with Crippen LogP contribution in [0.2, 0.25) is 18.6 Å². The third-order valence-corrected chi connectivity index (χ3v) is 8.59. The van der Waals surface area contributed by atoms with E-state index in [1.54, 1.807) is 0 Å². The second kappa shape index (κ2) is 8.37. The van der Waals surface area contributed by atoms with Gasteiger partial charge in [0, 0.05) is 6.10 Å². The number of hydrogen-bond acceptors (Lipinski definition) is 1. The highest BCUT2D eigenvalue weighted by molar-refractivity contribution is 6.72. The van der Waals surface area contributed by atoms with Gasteiger partial charge >= 0.3 is 0 Å². The van der Waals surface area contributed by atoms with Crippen molar-refractivity contribution < 1.29 is 4.43 Å². The van der Waals surface area contributed by atoms with Crippen LogP contribution in [-0.4, -0.2) is 14.4 Å². The molecule has 1 unspecified atom stereocenters. The summed E-state index contributed by atoms with van der Waals surface area (Å²) in [7, 11) is -1.31. The predicted octanol–water partition coefficient (Wildman–Crippen LogP) is 5.76. The molecule has 108 valence electrons. The van der Waals surface area contributed by atoms with E-state index in [9.17, 15) is 0 Å². The molecule has 0 aliphatic carbocycles. The van der Waals surface area contributed by atoms with Crippen molar-refractivity contribution >= 4 is 8.32 Å². The molecule has 2 heteroatoms. The summed E-state index contributed by atoms with van der Waals surface area (Å²) in [6.07, 6.45) is 11.4. The molecule has 1 heterocycles. The van der Waals surface area contributed by atoms with Crippen LogP contribution in [0.3, 0.4) is 0 Å². The molecule has 1 aliphatic rings. The Morgan fingerprint density at radius 1 is 0.889 bits per heavy atom. The first kappa shape index (κ1) is 16.2. The molecule has 0 radical (unpaired) electrons. The lowest BCUT2D eigenvalue weighted by atomic mass is 9.95. The smallest absolute Gasteiger partial charge is 0.190 e. The maximum absolute atomic E-state index is 6.61. The van der Waals surface area contributed by atoms with Crippen molar-refractivity contribution in [1.29, 1.82) is 0 Å². The highest BCUT2D eigenvalue weighted by atomic mass is 28.4. The van der Waals surface area contributed by atoms with E-state index in [0.29, 0.717) is 6.10 Å². The van der Waals surface area contributed by atoms with Gasteiger partial charge in [0.15, 0.2) is 8.32 Å². The van der Waals surface area contributed by atoms with Gasteiger partial charge in [0.05, 0.1) is 0 Å². The Morgan fingerprint density at radius 2 is 1.50 bits per heavy atom. The van der Waals surface area contributed by atoms with Gasteiger partial charge in [0.25, 0.3) is 0 Å². The van der Waals surface area contributed by atoms with E-state index in [-0.39, 0.29) is 0 Å². The van der Waals surface area contributed by atoms with Crippen LogP contribution in [0.1, 0.15) is 72.1 Å². The molecule has 0 aromatic rings. The zero-order chi connectivity index (χ0) is 13.4. The topological polar surface area (TPSA) is 9.23 Å². The summed E-state index contributed by atoms with van der Waals surface area (Å²) in [5.41, 5.74) is 0. The van der Waals surface area contributed by atoms with E-state index in [2.05, 4.69) is 27.3 Å². The van der Waals surface area contributed by atoms with Crippen LogP contribution in [0.4, 0.5) is 0 Å². The molecule has 1 nitrogen and oxygen atoms in total. The minimum absolute atomic E-state index is 0.556. The van der Waals surface area contributed by atoms with Crippen molar-refractivity contribution in [2.45, 2.75) is 96.9 Å². The van der Waals surface area contributed by atoms with Crippen LogP contribution >= 0.6 is 0 Å². The predicted molar refractivity (Wildman–Crippen MR) is 83.6 cm³/mol. The van der Waals surface area contributed by atoms with Gasteiger partial charge in [-0.2, -0.15) is 0 Å². The molecule has 1 atom stereocenters. The molecule has 1 aliphatic heterocycles. The summed E-state index contributed by atoms with van der Waals surface area (Å²) in [6, 6.07) is 2.82.